The van der Waals surface area contributed by atoms with Gasteiger partial charge in [0, 0.05) is 21.8 Å². The van der Waals surface area contributed by atoms with Crippen molar-refractivity contribution in [2.75, 3.05) is 17.9 Å². The van der Waals surface area contributed by atoms with Crippen LogP contribution in [0.3, 0.4) is 0 Å². The predicted molar refractivity (Wildman–Crippen MR) is 90.6 cm³/mol. The summed E-state index contributed by atoms with van der Waals surface area (Å²) in [4.78, 5) is 12.2. The quantitative estimate of drug-likeness (QED) is 0.525. The Morgan fingerprint density at radius 1 is 1.14 bits per heavy atom. The molecule has 0 aliphatic rings. The Hall–Kier alpha value is -1.57. The number of nitrogens with two attached hydrogens (primary N) is 1. The zero-order chi connectivity index (χ0) is 15.4. The molecule has 0 atom stereocenters. The number of hydrogen-bond acceptors (Lipinski definition) is 4. The highest BCUT2D eigenvalue weighted by Crippen LogP contribution is 2.34. The van der Waals surface area contributed by atoms with E-state index in [0.717, 1.165) is 14.6 Å². The maximum absolute atomic E-state index is 12.2. The molecule has 0 aliphatic carbocycles. The molecule has 5 nitrogen and oxygen atoms in total. The minimum absolute atomic E-state index is 0.219. The zero-order valence-electron chi connectivity index (χ0n) is 11.1. The highest BCUT2D eigenvalue weighted by Gasteiger charge is 2.11. The fraction of sp³-hybridized carbons (Fsp3) is 0.0714. The number of nitrogen functional groups attached to an aromatic ring is 1. The molecule has 110 valence electrons. The summed E-state index contributed by atoms with van der Waals surface area (Å²) >= 11 is 6.79. The van der Waals surface area contributed by atoms with E-state index < -0.39 is 0 Å². The van der Waals surface area contributed by atoms with E-state index in [1.165, 1.54) is 0 Å². The summed E-state index contributed by atoms with van der Waals surface area (Å²) in [7, 11) is 1.57. The van der Waals surface area contributed by atoms with E-state index in [9.17, 15) is 4.79 Å². The number of benzene rings is 2. The molecule has 0 bridgehead atoms. The number of hydrogen-bond donors (Lipinski definition) is 3. The largest absolute Gasteiger partial charge is 0.495 e. The Kier molecular flexibility index (Phi) is 5.22. The summed E-state index contributed by atoms with van der Waals surface area (Å²) < 4.78 is 6.77. The van der Waals surface area contributed by atoms with Gasteiger partial charge < -0.3 is 15.5 Å². The minimum atomic E-state index is -0.219. The Balaban J connectivity index is 2.22. The molecular formula is C14H13Br2N3O2. The molecule has 0 aliphatic heterocycles. The van der Waals surface area contributed by atoms with Gasteiger partial charge >= 0.3 is 0 Å². The third-order valence-electron chi connectivity index (χ3n) is 2.80. The molecule has 21 heavy (non-hydrogen) atoms. The molecule has 0 fully saturated rings. The SMILES string of the molecule is COc1cc(NC(=O)c2ccc(NN)cc2)c(Br)cc1Br. The lowest BCUT2D eigenvalue weighted by molar-refractivity contribution is 0.102. The van der Waals surface area contributed by atoms with E-state index in [1.807, 2.05) is 6.07 Å². The minimum Gasteiger partial charge on any atom is -0.495 e. The molecule has 2 aromatic carbocycles. The lowest BCUT2D eigenvalue weighted by Gasteiger charge is -2.11. The fourth-order valence-corrected chi connectivity index (χ4v) is 2.95. The van der Waals surface area contributed by atoms with Crippen LogP contribution in [-0.4, -0.2) is 13.0 Å². The number of carbonyl (C=O) groups excluding carboxylic acids is 1. The van der Waals surface area contributed by atoms with Gasteiger partial charge in [-0.3, -0.25) is 10.6 Å². The molecule has 0 heterocycles. The van der Waals surface area contributed by atoms with Gasteiger partial charge in [0.1, 0.15) is 5.75 Å². The van der Waals surface area contributed by atoms with Crippen LogP contribution < -0.4 is 21.3 Å². The topological polar surface area (TPSA) is 76.4 Å². The standard InChI is InChI=1S/C14H13Br2N3O2/c1-21-13-7-12(10(15)6-11(13)16)18-14(20)8-2-4-9(19-17)5-3-8/h2-7,19H,17H2,1H3,(H,18,20). The molecule has 1 amide bonds. The van der Waals surface area contributed by atoms with E-state index in [4.69, 9.17) is 10.6 Å². The summed E-state index contributed by atoms with van der Waals surface area (Å²) in [5.41, 5.74) is 4.40. The van der Waals surface area contributed by atoms with Crippen molar-refractivity contribution in [1.29, 1.82) is 0 Å². The van der Waals surface area contributed by atoms with Crippen molar-refractivity contribution in [2.24, 2.45) is 5.84 Å². The molecule has 0 radical (unpaired) electrons. The van der Waals surface area contributed by atoms with Gasteiger partial charge in [-0.05, 0) is 62.2 Å². The third kappa shape index (κ3) is 3.75. The molecule has 7 heteroatoms. The predicted octanol–water partition coefficient (Wildman–Crippen LogP) is 3.76. The number of anilines is 2. The number of rotatable bonds is 4. The Bertz CT molecular complexity index is 660. The maximum Gasteiger partial charge on any atom is 0.255 e. The monoisotopic (exact) mass is 413 g/mol. The van der Waals surface area contributed by atoms with Crippen molar-refractivity contribution in [2.45, 2.75) is 0 Å². The van der Waals surface area contributed by atoms with Crippen LogP contribution in [-0.2, 0) is 0 Å². The first-order valence-electron chi connectivity index (χ1n) is 5.96. The molecule has 0 spiro atoms. The Morgan fingerprint density at radius 2 is 1.81 bits per heavy atom. The van der Waals surface area contributed by atoms with Gasteiger partial charge in [0.25, 0.3) is 5.91 Å². The first kappa shape index (κ1) is 15.8. The molecular weight excluding hydrogens is 402 g/mol. The van der Waals surface area contributed by atoms with Gasteiger partial charge in [0.2, 0.25) is 0 Å². The number of ether oxygens (including phenoxy) is 1. The molecule has 4 N–H and O–H groups in total. The molecule has 0 unspecified atom stereocenters. The Morgan fingerprint density at radius 3 is 2.38 bits per heavy atom. The van der Waals surface area contributed by atoms with Gasteiger partial charge in [-0.25, -0.2) is 0 Å². The maximum atomic E-state index is 12.2. The molecule has 2 rings (SSSR count). The van der Waals surface area contributed by atoms with E-state index in [1.54, 1.807) is 37.4 Å². The van der Waals surface area contributed by atoms with Crippen molar-refractivity contribution in [3.8, 4) is 5.75 Å². The average Bonchev–Trinajstić information content (AvgIpc) is 2.50. The second-order valence-electron chi connectivity index (χ2n) is 4.14. The van der Waals surface area contributed by atoms with Crippen LogP contribution in [0.1, 0.15) is 10.4 Å². The van der Waals surface area contributed by atoms with Gasteiger partial charge in [-0.2, -0.15) is 0 Å². The summed E-state index contributed by atoms with van der Waals surface area (Å²) in [6, 6.07) is 10.4. The third-order valence-corrected chi connectivity index (χ3v) is 4.08. The van der Waals surface area contributed by atoms with Crippen molar-refractivity contribution < 1.29 is 9.53 Å². The van der Waals surface area contributed by atoms with Crippen LogP contribution in [0.25, 0.3) is 0 Å². The summed E-state index contributed by atoms with van der Waals surface area (Å²) in [5.74, 6) is 5.71. The van der Waals surface area contributed by atoms with Crippen LogP contribution in [0, 0.1) is 0 Å². The highest BCUT2D eigenvalue weighted by molar-refractivity contribution is 9.11. The second kappa shape index (κ2) is 6.93. The molecule has 0 aromatic heterocycles. The Labute approximate surface area is 139 Å². The van der Waals surface area contributed by atoms with E-state index in [0.29, 0.717) is 17.0 Å². The zero-order valence-corrected chi connectivity index (χ0v) is 14.3. The normalized spacial score (nSPS) is 10.1. The van der Waals surface area contributed by atoms with Gasteiger partial charge in [-0.15, -0.1) is 0 Å². The van der Waals surface area contributed by atoms with Crippen molar-refractivity contribution in [1.82, 2.24) is 0 Å². The van der Waals surface area contributed by atoms with Crippen molar-refractivity contribution >= 4 is 49.1 Å². The fourth-order valence-electron chi connectivity index (χ4n) is 1.69. The number of carbonyl (C=O) groups is 1. The lowest BCUT2D eigenvalue weighted by atomic mass is 10.2. The van der Waals surface area contributed by atoms with E-state index >= 15 is 0 Å². The molecule has 0 saturated heterocycles. The summed E-state index contributed by atoms with van der Waals surface area (Å²) in [6.45, 7) is 0. The van der Waals surface area contributed by atoms with Gasteiger partial charge in [0.05, 0.1) is 17.3 Å². The van der Waals surface area contributed by atoms with Crippen LogP contribution in [0.15, 0.2) is 45.3 Å². The summed E-state index contributed by atoms with van der Waals surface area (Å²) in [6.07, 6.45) is 0. The smallest absolute Gasteiger partial charge is 0.255 e. The van der Waals surface area contributed by atoms with E-state index in [-0.39, 0.29) is 5.91 Å². The van der Waals surface area contributed by atoms with Crippen LogP contribution in [0.4, 0.5) is 11.4 Å². The lowest BCUT2D eigenvalue weighted by Crippen LogP contribution is -2.13. The van der Waals surface area contributed by atoms with E-state index in [2.05, 4.69) is 42.6 Å². The molecule has 2 aromatic rings. The second-order valence-corrected chi connectivity index (χ2v) is 5.85. The van der Waals surface area contributed by atoms with Crippen LogP contribution >= 0.6 is 31.9 Å². The number of halogens is 2. The van der Waals surface area contributed by atoms with Crippen LogP contribution in [0.5, 0.6) is 5.75 Å². The average molecular weight is 415 g/mol. The number of nitrogens with one attached hydrogen (secondary N) is 2. The van der Waals surface area contributed by atoms with Crippen molar-refractivity contribution in [3.63, 3.8) is 0 Å². The van der Waals surface area contributed by atoms with Gasteiger partial charge in [0.15, 0.2) is 0 Å². The summed E-state index contributed by atoms with van der Waals surface area (Å²) in [5, 5.41) is 2.83. The number of hydrazine groups is 1. The first-order valence-corrected chi connectivity index (χ1v) is 7.55. The number of methoxy groups -OCH3 is 1. The first-order chi connectivity index (χ1) is 10.0. The van der Waals surface area contributed by atoms with Crippen molar-refractivity contribution in [3.05, 3.63) is 50.9 Å². The highest BCUT2D eigenvalue weighted by atomic mass is 79.9. The number of amides is 1. The molecule has 0 saturated carbocycles. The van der Waals surface area contributed by atoms with Gasteiger partial charge in [-0.1, -0.05) is 0 Å². The van der Waals surface area contributed by atoms with Crippen LogP contribution in [0.2, 0.25) is 0 Å².